The van der Waals surface area contributed by atoms with Gasteiger partial charge in [0.05, 0.1) is 0 Å². The van der Waals surface area contributed by atoms with Gasteiger partial charge in [0.2, 0.25) is 0 Å². The standard InChI is InChI=1S/C17H20N2/c1-13-4-6-15(7-5-13)16-9-17(10-16)19-12-14-3-2-8-18-11-14/h2-8,11,16-17,19H,9-10,12H2,1H3. The van der Waals surface area contributed by atoms with Crippen molar-refractivity contribution in [3.8, 4) is 0 Å². The Morgan fingerprint density at radius 1 is 1.16 bits per heavy atom. The van der Waals surface area contributed by atoms with Crippen LogP contribution < -0.4 is 5.32 Å². The van der Waals surface area contributed by atoms with Gasteiger partial charge in [-0.05, 0) is 42.9 Å². The van der Waals surface area contributed by atoms with E-state index in [0.717, 1.165) is 12.5 Å². The second-order valence-electron chi connectivity index (χ2n) is 5.52. The summed E-state index contributed by atoms with van der Waals surface area (Å²) in [6, 6.07) is 13.8. The lowest BCUT2D eigenvalue weighted by Crippen LogP contribution is -2.39. The van der Waals surface area contributed by atoms with Crippen LogP contribution in [0.1, 0.15) is 35.4 Å². The predicted molar refractivity (Wildman–Crippen MR) is 78.0 cm³/mol. The highest BCUT2D eigenvalue weighted by atomic mass is 14.9. The Morgan fingerprint density at radius 2 is 1.95 bits per heavy atom. The van der Waals surface area contributed by atoms with Crippen LogP contribution in [0.3, 0.4) is 0 Å². The summed E-state index contributed by atoms with van der Waals surface area (Å²) >= 11 is 0. The van der Waals surface area contributed by atoms with Crippen molar-refractivity contribution < 1.29 is 0 Å². The Hall–Kier alpha value is -1.67. The van der Waals surface area contributed by atoms with Gasteiger partial charge in [-0.2, -0.15) is 0 Å². The molecular formula is C17H20N2. The Kier molecular flexibility index (Phi) is 3.60. The summed E-state index contributed by atoms with van der Waals surface area (Å²) in [5.74, 6) is 0.743. The summed E-state index contributed by atoms with van der Waals surface area (Å²) in [6.07, 6.45) is 6.26. The van der Waals surface area contributed by atoms with Gasteiger partial charge in [-0.25, -0.2) is 0 Å². The molecule has 1 aliphatic carbocycles. The van der Waals surface area contributed by atoms with E-state index in [-0.39, 0.29) is 0 Å². The van der Waals surface area contributed by atoms with Crippen molar-refractivity contribution >= 4 is 0 Å². The van der Waals surface area contributed by atoms with E-state index in [0.29, 0.717) is 6.04 Å². The highest BCUT2D eigenvalue weighted by Gasteiger charge is 2.29. The first-order valence-corrected chi connectivity index (χ1v) is 7.00. The van der Waals surface area contributed by atoms with Crippen molar-refractivity contribution in [2.45, 2.75) is 38.3 Å². The van der Waals surface area contributed by atoms with E-state index in [1.807, 2.05) is 18.5 Å². The van der Waals surface area contributed by atoms with Crippen molar-refractivity contribution in [1.82, 2.24) is 10.3 Å². The third-order valence-electron chi connectivity index (χ3n) is 4.00. The fraction of sp³-hybridized carbons (Fsp3) is 0.353. The molecule has 1 aromatic carbocycles. The Morgan fingerprint density at radius 3 is 2.63 bits per heavy atom. The topological polar surface area (TPSA) is 24.9 Å². The zero-order valence-corrected chi connectivity index (χ0v) is 11.3. The van der Waals surface area contributed by atoms with E-state index in [1.54, 1.807) is 0 Å². The van der Waals surface area contributed by atoms with Crippen molar-refractivity contribution in [1.29, 1.82) is 0 Å². The van der Waals surface area contributed by atoms with Gasteiger partial charge < -0.3 is 5.32 Å². The number of pyridine rings is 1. The summed E-state index contributed by atoms with van der Waals surface area (Å²) in [5.41, 5.74) is 4.10. The van der Waals surface area contributed by atoms with Crippen LogP contribution >= 0.6 is 0 Å². The van der Waals surface area contributed by atoms with E-state index in [1.165, 1.54) is 29.5 Å². The van der Waals surface area contributed by atoms with E-state index >= 15 is 0 Å². The van der Waals surface area contributed by atoms with Crippen molar-refractivity contribution in [2.24, 2.45) is 0 Å². The lowest BCUT2D eigenvalue weighted by molar-refractivity contribution is 0.289. The average Bonchev–Trinajstić information content (AvgIpc) is 2.40. The molecule has 2 aromatic rings. The van der Waals surface area contributed by atoms with Gasteiger partial charge in [0.15, 0.2) is 0 Å². The zero-order valence-electron chi connectivity index (χ0n) is 11.3. The van der Waals surface area contributed by atoms with Crippen LogP contribution in [0.5, 0.6) is 0 Å². The van der Waals surface area contributed by atoms with Crippen LogP contribution in [-0.4, -0.2) is 11.0 Å². The van der Waals surface area contributed by atoms with Crippen molar-refractivity contribution in [3.63, 3.8) is 0 Å². The maximum absolute atomic E-state index is 4.14. The van der Waals surface area contributed by atoms with Gasteiger partial charge in [0.1, 0.15) is 0 Å². The highest BCUT2D eigenvalue weighted by Crippen LogP contribution is 2.36. The SMILES string of the molecule is Cc1ccc(C2CC(NCc3cccnc3)C2)cc1. The largest absolute Gasteiger partial charge is 0.310 e. The molecule has 1 saturated carbocycles. The minimum absolute atomic E-state index is 0.659. The highest BCUT2D eigenvalue weighted by molar-refractivity contribution is 5.26. The Bertz CT molecular complexity index is 513. The molecule has 0 spiro atoms. The lowest BCUT2D eigenvalue weighted by Gasteiger charge is -2.36. The molecule has 1 N–H and O–H groups in total. The number of aryl methyl sites for hydroxylation is 1. The minimum atomic E-state index is 0.659. The molecule has 0 bridgehead atoms. The van der Waals surface area contributed by atoms with Gasteiger partial charge in [0.25, 0.3) is 0 Å². The Labute approximate surface area is 114 Å². The number of benzene rings is 1. The number of nitrogens with zero attached hydrogens (tertiary/aromatic N) is 1. The number of aromatic nitrogens is 1. The Balaban J connectivity index is 1.47. The van der Waals surface area contributed by atoms with Gasteiger partial charge in [-0.3, -0.25) is 4.98 Å². The quantitative estimate of drug-likeness (QED) is 0.901. The van der Waals surface area contributed by atoms with Crippen LogP contribution in [0, 0.1) is 6.92 Å². The van der Waals surface area contributed by atoms with Crippen LogP contribution in [0.2, 0.25) is 0 Å². The lowest BCUT2D eigenvalue weighted by atomic mass is 9.75. The van der Waals surface area contributed by atoms with Gasteiger partial charge in [-0.15, -0.1) is 0 Å². The summed E-state index contributed by atoms with van der Waals surface area (Å²) in [4.78, 5) is 4.14. The molecule has 1 fully saturated rings. The van der Waals surface area contributed by atoms with E-state index < -0.39 is 0 Å². The monoisotopic (exact) mass is 252 g/mol. The summed E-state index contributed by atoms with van der Waals surface area (Å²) in [6.45, 7) is 3.07. The molecule has 0 aliphatic heterocycles. The first kappa shape index (κ1) is 12.4. The molecule has 0 amide bonds. The van der Waals surface area contributed by atoms with Crippen LogP contribution in [0.15, 0.2) is 48.8 Å². The number of nitrogens with one attached hydrogen (secondary N) is 1. The van der Waals surface area contributed by atoms with E-state index in [9.17, 15) is 0 Å². The van der Waals surface area contributed by atoms with Crippen molar-refractivity contribution in [3.05, 3.63) is 65.5 Å². The van der Waals surface area contributed by atoms with Gasteiger partial charge in [0, 0.05) is 25.0 Å². The zero-order chi connectivity index (χ0) is 13.1. The number of rotatable bonds is 4. The first-order chi connectivity index (χ1) is 9.31. The molecule has 2 nitrogen and oxygen atoms in total. The van der Waals surface area contributed by atoms with E-state index in [2.05, 4.69) is 47.6 Å². The molecule has 1 aromatic heterocycles. The smallest absolute Gasteiger partial charge is 0.0312 e. The van der Waals surface area contributed by atoms with Crippen LogP contribution in [0.25, 0.3) is 0 Å². The number of hydrogen-bond acceptors (Lipinski definition) is 2. The molecule has 19 heavy (non-hydrogen) atoms. The molecule has 1 heterocycles. The maximum atomic E-state index is 4.14. The van der Waals surface area contributed by atoms with Crippen LogP contribution in [-0.2, 0) is 6.54 Å². The molecule has 2 heteroatoms. The molecule has 0 radical (unpaired) electrons. The van der Waals surface area contributed by atoms with E-state index in [4.69, 9.17) is 0 Å². The molecule has 1 aliphatic rings. The van der Waals surface area contributed by atoms with Crippen molar-refractivity contribution in [2.75, 3.05) is 0 Å². The first-order valence-electron chi connectivity index (χ1n) is 7.00. The summed E-state index contributed by atoms with van der Waals surface area (Å²) in [5, 5.41) is 3.61. The molecule has 3 rings (SSSR count). The van der Waals surface area contributed by atoms with Gasteiger partial charge in [-0.1, -0.05) is 35.9 Å². The molecular weight excluding hydrogens is 232 g/mol. The second-order valence-corrected chi connectivity index (χ2v) is 5.52. The van der Waals surface area contributed by atoms with Crippen LogP contribution in [0.4, 0.5) is 0 Å². The predicted octanol–water partition coefficient (Wildman–Crippen LogP) is 3.43. The fourth-order valence-electron chi connectivity index (χ4n) is 2.66. The average molecular weight is 252 g/mol. The minimum Gasteiger partial charge on any atom is -0.310 e. The van der Waals surface area contributed by atoms with Gasteiger partial charge >= 0.3 is 0 Å². The normalized spacial score (nSPS) is 21.9. The maximum Gasteiger partial charge on any atom is 0.0312 e. The third kappa shape index (κ3) is 3.02. The molecule has 0 unspecified atom stereocenters. The fourth-order valence-corrected chi connectivity index (χ4v) is 2.66. The summed E-state index contributed by atoms with van der Waals surface area (Å²) in [7, 11) is 0. The summed E-state index contributed by atoms with van der Waals surface area (Å²) < 4.78 is 0. The number of hydrogen-bond donors (Lipinski definition) is 1. The molecule has 0 saturated heterocycles. The third-order valence-corrected chi connectivity index (χ3v) is 4.00. The second kappa shape index (κ2) is 5.54. The molecule has 98 valence electrons. The molecule has 0 atom stereocenters.